The van der Waals surface area contributed by atoms with E-state index in [0.29, 0.717) is 81.3 Å². The van der Waals surface area contributed by atoms with Gasteiger partial charge in [-0.25, -0.2) is 0 Å². The summed E-state index contributed by atoms with van der Waals surface area (Å²) in [6.45, 7) is 14.4. The highest BCUT2D eigenvalue weighted by atomic mass is 16.5. The number of H-pyrrole nitrogens is 3. The van der Waals surface area contributed by atoms with Crippen molar-refractivity contribution >= 4 is 35.3 Å². The van der Waals surface area contributed by atoms with Crippen molar-refractivity contribution < 1.29 is 14.2 Å². The van der Waals surface area contributed by atoms with E-state index in [2.05, 4.69) is 151 Å². The molecule has 0 aliphatic carbocycles. The molecule has 3 aromatic heterocycles. The molecule has 6 fully saturated rings. The second kappa shape index (κ2) is 24.2. The van der Waals surface area contributed by atoms with Crippen molar-refractivity contribution in [2.24, 2.45) is 11.8 Å². The fourth-order valence-corrected chi connectivity index (χ4v) is 14.2. The molecule has 6 aliphatic heterocycles. The van der Waals surface area contributed by atoms with Crippen LogP contribution in [0, 0.1) is 11.8 Å². The van der Waals surface area contributed by atoms with E-state index in [9.17, 15) is 14.4 Å². The van der Waals surface area contributed by atoms with E-state index in [0.717, 1.165) is 70.9 Å². The first kappa shape index (κ1) is 54.6. The van der Waals surface area contributed by atoms with Crippen LogP contribution in [0.15, 0.2) is 124 Å². The van der Waals surface area contributed by atoms with Crippen molar-refractivity contribution in [1.82, 2.24) is 29.9 Å². The van der Waals surface area contributed by atoms with Gasteiger partial charge in [-0.1, -0.05) is 91.0 Å². The smallest absolute Gasteiger partial charge is 0.254 e. The van der Waals surface area contributed by atoms with Crippen molar-refractivity contribution in [3.8, 4) is 0 Å². The van der Waals surface area contributed by atoms with Crippen LogP contribution in [0.5, 0.6) is 0 Å². The van der Waals surface area contributed by atoms with E-state index in [-0.39, 0.29) is 83.1 Å². The Morgan fingerprint density at radius 1 is 0.457 bits per heavy atom. The fraction of sp³-hybridized carbons (Fsp3) is 0.524. The summed E-state index contributed by atoms with van der Waals surface area (Å²) in [6.07, 6.45) is 7.86. The number of ether oxygens (including phenoxy) is 3. The van der Waals surface area contributed by atoms with Gasteiger partial charge in [0.05, 0.1) is 56.3 Å². The van der Waals surface area contributed by atoms with Crippen molar-refractivity contribution in [2.45, 2.75) is 140 Å². The van der Waals surface area contributed by atoms with Gasteiger partial charge in [0.2, 0.25) is 17.8 Å². The molecule has 428 valence electrons. The predicted octanol–water partition coefficient (Wildman–Crippen LogP) is 7.00. The molecule has 6 aliphatic rings. The zero-order valence-electron chi connectivity index (χ0n) is 47.4. The molecule has 11 atom stereocenters. The maximum absolute atomic E-state index is 13.9. The standard InChI is InChI=1S/C63H80N12O6/c1-41-44(4)79-26-23-70(41)55-36-59(77)68-62(65-55)74-39-48(32-51(74)30-46-17-10-6-11-18-46)35-54-43(3)72(25-28-81-54)57-38-60(78)69-63(66-57)75-40-49(33-52(75)31-47-19-12-7-13-20-47)34-53-42(2)71(24-27-80-53)56-37-58(76)67-61(64-56)73-22-14-21-50(73)29-45-15-8-5-9-16-45/h5-13,15-20,36-38,41-44,48-54H,14,21-35,39-40H2,1-4H3,(H,64,67,76)(H,65,68,77)(H,66,69,78)/t41-,42+,43-,44-,48?,49?,50+,51-,52+,53-,54-/m1/s1. The average Bonchev–Trinajstić information content (AvgIpc) is 4.27. The van der Waals surface area contributed by atoms with E-state index >= 15 is 0 Å². The Morgan fingerprint density at radius 3 is 1.27 bits per heavy atom. The molecule has 81 heavy (non-hydrogen) atoms. The lowest BCUT2D eigenvalue weighted by atomic mass is 9.92. The summed E-state index contributed by atoms with van der Waals surface area (Å²) in [7, 11) is 0. The molecule has 9 heterocycles. The third kappa shape index (κ3) is 12.3. The summed E-state index contributed by atoms with van der Waals surface area (Å²) < 4.78 is 19.2. The van der Waals surface area contributed by atoms with Crippen LogP contribution in [-0.4, -0.2) is 144 Å². The third-order valence-corrected chi connectivity index (χ3v) is 18.6. The van der Waals surface area contributed by atoms with Crippen LogP contribution in [-0.2, 0) is 33.5 Å². The van der Waals surface area contributed by atoms with Gasteiger partial charge in [0.1, 0.15) is 17.5 Å². The first-order valence-electron chi connectivity index (χ1n) is 29.9. The van der Waals surface area contributed by atoms with Crippen molar-refractivity contribution in [3.05, 3.63) is 157 Å². The second-order valence-corrected chi connectivity index (χ2v) is 23.8. The first-order valence-corrected chi connectivity index (χ1v) is 29.9. The predicted molar refractivity (Wildman–Crippen MR) is 318 cm³/mol. The molecule has 0 amide bonds. The van der Waals surface area contributed by atoms with Crippen molar-refractivity contribution in [2.75, 3.05) is 88.5 Å². The fourth-order valence-electron chi connectivity index (χ4n) is 14.2. The topological polar surface area (TPSA) is 184 Å². The number of benzene rings is 3. The molecular formula is C63H80N12O6. The van der Waals surface area contributed by atoms with Gasteiger partial charge in [0.25, 0.3) is 16.7 Å². The Balaban J connectivity index is 0.749. The van der Waals surface area contributed by atoms with Crippen LogP contribution >= 0.6 is 0 Å². The Labute approximate surface area is 474 Å². The van der Waals surface area contributed by atoms with Crippen LogP contribution in [0.1, 0.15) is 82.9 Å². The molecule has 2 unspecified atom stereocenters. The summed E-state index contributed by atoms with van der Waals surface area (Å²) in [5.74, 6) is 4.36. The van der Waals surface area contributed by atoms with Gasteiger partial charge in [-0.2, -0.15) is 15.0 Å². The molecule has 3 aromatic carbocycles. The van der Waals surface area contributed by atoms with Crippen LogP contribution in [0.2, 0.25) is 0 Å². The molecule has 0 saturated carbocycles. The van der Waals surface area contributed by atoms with Crippen LogP contribution in [0.3, 0.4) is 0 Å². The third-order valence-electron chi connectivity index (χ3n) is 18.6. The van der Waals surface area contributed by atoms with Crippen molar-refractivity contribution in [3.63, 3.8) is 0 Å². The minimum atomic E-state index is -0.183. The van der Waals surface area contributed by atoms with Gasteiger partial charge in [0.15, 0.2) is 0 Å². The Kier molecular flexibility index (Phi) is 16.3. The number of nitrogens with zero attached hydrogens (tertiary/aromatic N) is 9. The number of hydrogen-bond donors (Lipinski definition) is 3. The molecule has 3 N–H and O–H groups in total. The summed E-state index contributed by atoms with van der Waals surface area (Å²) in [6, 6.07) is 37.1. The van der Waals surface area contributed by atoms with E-state index in [1.807, 2.05) is 12.1 Å². The number of aromatic amines is 3. The van der Waals surface area contributed by atoms with Gasteiger partial charge in [-0.3, -0.25) is 29.3 Å². The van der Waals surface area contributed by atoms with E-state index in [1.54, 1.807) is 18.2 Å². The molecule has 18 nitrogen and oxygen atoms in total. The SMILES string of the molecule is C[C@@H]1[C@@H](C)OCCN1c1cc(=O)[nH]c(N2CC(C[C@H]3OCCN(c4cc(=O)[nH]c(N5CC(C[C@H]6OCCN(c7cc(=O)[nH]c(N8CCC[C@H]8Cc8ccccc8)n7)[C@H]6C)C[C@@H]5Cc5ccccc5)n4)[C@@H]3C)C[C@H]2Cc2ccccc2)n1. The summed E-state index contributed by atoms with van der Waals surface area (Å²) in [5, 5.41) is 0. The molecule has 12 rings (SSSR count). The van der Waals surface area contributed by atoms with Gasteiger partial charge in [-0.05, 0) is 114 Å². The molecule has 6 aromatic rings. The van der Waals surface area contributed by atoms with Gasteiger partial charge in [0, 0.05) is 75.6 Å². The minimum absolute atomic E-state index is 0.0234. The normalized spacial score (nSPS) is 28.1. The number of aromatic nitrogens is 6. The van der Waals surface area contributed by atoms with Gasteiger partial charge in [-0.15, -0.1) is 0 Å². The van der Waals surface area contributed by atoms with Crippen molar-refractivity contribution in [1.29, 1.82) is 0 Å². The highest BCUT2D eigenvalue weighted by Crippen LogP contribution is 2.38. The molecule has 0 spiro atoms. The number of anilines is 6. The number of nitrogens with one attached hydrogen (secondary N) is 3. The summed E-state index contributed by atoms with van der Waals surface area (Å²) >= 11 is 0. The zero-order chi connectivity index (χ0) is 55.6. The highest BCUT2D eigenvalue weighted by Gasteiger charge is 2.42. The maximum atomic E-state index is 13.9. The van der Waals surface area contributed by atoms with E-state index in [4.69, 9.17) is 29.2 Å². The number of hydrogen-bond acceptors (Lipinski definition) is 15. The largest absolute Gasteiger partial charge is 0.375 e. The Hall–Kier alpha value is -7.02. The average molecular weight is 1100 g/mol. The van der Waals surface area contributed by atoms with Crippen LogP contribution in [0.4, 0.5) is 35.3 Å². The first-order chi connectivity index (χ1) is 39.5. The lowest BCUT2D eigenvalue weighted by Crippen LogP contribution is -2.51. The molecule has 6 saturated heterocycles. The zero-order valence-corrected chi connectivity index (χ0v) is 47.4. The quantitative estimate of drug-likeness (QED) is 0.0900. The van der Waals surface area contributed by atoms with Gasteiger partial charge < -0.3 is 43.6 Å². The number of morpholine rings is 3. The molecule has 0 radical (unpaired) electrons. The lowest BCUT2D eigenvalue weighted by Gasteiger charge is -2.41. The maximum Gasteiger partial charge on any atom is 0.254 e. The Bertz CT molecular complexity index is 3240. The monoisotopic (exact) mass is 1100 g/mol. The molecule has 18 heteroatoms. The Morgan fingerprint density at radius 2 is 0.840 bits per heavy atom. The summed E-state index contributed by atoms with van der Waals surface area (Å²) in [5.41, 5.74) is 3.27. The number of rotatable bonds is 16. The van der Waals surface area contributed by atoms with Gasteiger partial charge >= 0.3 is 0 Å². The molecular weight excluding hydrogens is 1020 g/mol. The lowest BCUT2D eigenvalue weighted by molar-refractivity contribution is 0.00191. The van der Waals surface area contributed by atoms with E-state index < -0.39 is 0 Å². The van der Waals surface area contributed by atoms with Crippen LogP contribution in [0.25, 0.3) is 0 Å². The van der Waals surface area contributed by atoms with Crippen LogP contribution < -0.4 is 46.1 Å². The van der Waals surface area contributed by atoms with E-state index in [1.165, 1.54) is 16.7 Å². The second-order valence-electron chi connectivity index (χ2n) is 23.8. The minimum Gasteiger partial charge on any atom is -0.375 e. The highest BCUT2D eigenvalue weighted by molar-refractivity contribution is 5.50. The molecule has 0 bridgehead atoms. The summed E-state index contributed by atoms with van der Waals surface area (Å²) in [4.78, 5) is 79.5.